The van der Waals surface area contributed by atoms with Gasteiger partial charge in [-0.05, 0) is 37.5 Å². The van der Waals surface area contributed by atoms with Gasteiger partial charge in [0.05, 0.1) is 17.6 Å². The summed E-state index contributed by atoms with van der Waals surface area (Å²) in [6.45, 7) is 6.86. The summed E-state index contributed by atoms with van der Waals surface area (Å²) in [4.78, 5) is 0. The number of hydrogen-bond acceptors (Lipinski definition) is 1. The quantitative estimate of drug-likeness (QED) is 0.639. The molecule has 1 atom stereocenters. The highest BCUT2D eigenvalue weighted by atomic mass is 35.5. The van der Waals surface area contributed by atoms with E-state index in [0.29, 0.717) is 16.6 Å². The SMILES string of the molecule is CCc1nn(Cc2ccc(Cl)cc2Cl)c(CC)c1C(C)Cl. The smallest absolute Gasteiger partial charge is 0.0677 e. The highest BCUT2D eigenvalue weighted by Gasteiger charge is 2.19. The third-order valence-electron chi connectivity index (χ3n) is 3.58. The van der Waals surface area contributed by atoms with Gasteiger partial charge in [0.2, 0.25) is 0 Å². The summed E-state index contributed by atoms with van der Waals surface area (Å²) in [7, 11) is 0. The summed E-state index contributed by atoms with van der Waals surface area (Å²) < 4.78 is 2.02. The fourth-order valence-corrected chi connectivity index (χ4v) is 3.32. The Kier molecular flexibility index (Phi) is 5.59. The van der Waals surface area contributed by atoms with E-state index in [-0.39, 0.29) is 5.38 Å². The fraction of sp³-hybridized carbons (Fsp3) is 0.438. The van der Waals surface area contributed by atoms with Gasteiger partial charge < -0.3 is 0 Å². The number of alkyl halides is 1. The zero-order valence-corrected chi connectivity index (χ0v) is 14.7. The van der Waals surface area contributed by atoms with Gasteiger partial charge in [-0.1, -0.05) is 43.1 Å². The molecular formula is C16H19Cl3N2. The number of aromatic nitrogens is 2. The molecule has 1 aromatic carbocycles. The Morgan fingerprint density at radius 2 is 1.90 bits per heavy atom. The maximum atomic E-state index is 6.34. The van der Waals surface area contributed by atoms with Crippen LogP contribution in [0, 0.1) is 0 Å². The molecule has 21 heavy (non-hydrogen) atoms. The second-order valence-corrected chi connectivity index (χ2v) is 6.52. The lowest BCUT2D eigenvalue weighted by Gasteiger charge is -2.10. The molecule has 114 valence electrons. The molecule has 0 N–H and O–H groups in total. The van der Waals surface area contributed by atoms with Gasteiger partial charge in [-0.2, -0.15) is 5.10 Å². The number of nitrogens with zero attached hydrogens (tertiary/aromatic N) is 2. The molecule has 5 heteroatoms. The standard InChI is InChI=1S/C16H19Cl3N2/c1-4-14-16(10(3)17)15(5-2)21(20-14)9-11-6-7-12(18)8-13(11)19/h6-8,10H,4-5,9H2,1-3H3. The van der Waals surface area contributed by atoms with Crippen molar-refractivity contribution in [1.82, 2.24) is 9.78 Å². The van der Waals surface area contributed by atoms with Crippen LogP contribution in [0.2, 0.25) is 10.0 Å². The monoisotopic (exact) mass is 344 g/mol. The van der Waals surface area contributed by atoms with Gasteiger partial charge in [0.25, 0.3) is 0 Å². The first-order valence-corrected chi connectivity index (χ1v) is 8.33. The van der Waals surface area contributed by atoms with Crippen LogP contribution in [0.15, 0.2) is 18.2 Å². The minimum atomic E-state index is -0.0376. The third kappa shape index (κ3) is 3.56. The van der Waals surface area contributed by atoms with Gasteiger partial charge in [0, 0.05) is 21.3 Å². The largest absolute Gasteiger partial charge is 0.265 e. The molecule has 2 aromatic rings. The number of benzene rings is 1. The zero-order valence-electron chi connectivity index (χ0n) is 12.5. The number of hydrogen-bond donors (Lipinski definition) is 0. The Balaban J connectivity index is 2.44. The van der Waals surface area contributed by atoms with Crippen molar-refractivity contribution < 1.29 is 0 Å². The van der Waals surface area contributed by atoms with Crippen molar-refractivity contribution in [3.63, 3.8) is 0 Å². The lowest BCUT2D eigenvalue weighted by atomic mass is 10.1. The molecule has 0 fully saturated rings. The summed E-state index contributed by atoms with van der Waals surface area (Å²) >= 11 is 18.6. The molecule has 0 amide bonds. The average Bonchev–Trinajstić information content (AvgIpc) is 2.79. The highest BCUT2D eigenvalue weighted by Crippen LogP contribution is 2.29. The summed E-state index contributed by atoms with van der Waals surface area (Å²) in [6.07, 6.45) is 1.77. The van der Waals surface area contributed by atoms with Crippen LogP contribution in [-0.2, 0) is 19.4 Å². The molecule has 1 aromatic heterocycles. The number of aryl methyl sites for hydroxylation is 1. The number of rotatable bonds is 5. The minimum absolute atomic E-state index is 0.0376. The molecule has 1 heterocycles. The van der Waals surface area contributed by atoms with Crippen molar-refractivity contribution in [3.05, 3.63) is 50.8 Å². The molecule has 0 bridgehead atoms. The first-order chi connectivity index (χ1) is 9.97. The van der Waals surface area contributed by atoms with Crippen LogP contribution in [0.25, 0.3) is 0 Å². The van der Waals surface area contributed by atoms with E-state index in [1.807, 2.05) is 23.7 Å². The molecule has 0 aliphatic carbocycles. The van der Waals surface area contributed by atoms with E-state index in [9.17, 15) is 0 Å². The van der Waals surface area contributed by atoms with Gasteiger partial charge in [-0.3, -0.25) is 4.68 Å². The molecule has 2 rings (SSSR count). The molecule has 0 saturated carbocycles. The van der Waals surface area contributed by atoms with E-state index in [4.69, 9.17) is 39.9 Å². The molecule has 2 nitrogen and oxygen atoms in total. The molecule has 0 spiro atoms. The van der Waals surface area contributed by atoms with Crippen molar-refractivity contribution in [2.45, 2.75) is 45.5 Å². The van der Waals surface area contributed by atoms with Crippen LogP contribution < -0.4 is 0 Å². The van der Waals surface area contributed by atoms with Crippen molar-refractivity contribution in [2.75, 3.05) is 0 Å². The Hall–Kier alpha value is -0.700. The number of halogens is 3. The zero-order chi connectivity index (χ0) is 15.6. The molecule has 0 aliphatic rings. The Labute approximate surface area is 141 Å². The second-order valence-electron chi connectivity index (χ2n) is 5.02. The molecular weight excluding hydrogens is 327 g/mol. The Bertz CT molecular complexity index is 633. The predicted octanol–water partition coefficient (Wildman–Crippen LogP) is 5.66. The summed E-state index contributed by atoms with van der Waals surface area (Å²) in [5.41, 5.74) is 4.42. The van der Waals surface area contributed by atoms with Crippen LogP contribution in [0.5, 0.6) is 0 Å². The molecule has 0 radical (unpaired) electrons. The highest BCUT2D eigenvalue weighted by molar-refractivity contribution is 6.35. The summed E-state index contributed by atoms with van der Waals surface area (Å²) in [5, 5.41) is 5.99. The maximum Gasteiger partial charge on any atom is 0.0677 e. The molecule has 0 saturated heterocycles. The van der Waals surface area contributed by atoms with Crippen LogP contribution in [0.4, 0.5) is 0 Å². The first kappa shape index (κ1) is 16.7. The van der Waals surface area contributed by atoms with Gasteiger partial charge in [-0.15, -0.1) is 11.6 Å². The van der Waals surface area contributed by atoms with Crippen LogP contribution in [0.1, 0.15) is 48.7 Å². The van der Waals surface area contributed by atoms with Gasteiger partial charge in [0.15, 0.2) is 0 Å². The fourth-order valence-electron chi connectivity index (χ4n) is 2.60. The van der Waals surface area contributed by atoms with Gasteiger partial charge in [0.1, 0.15) is 0 Å². The lowest BCUT2D eigenvalue weighted by molar-refractivity contribution is 0.639. The van der Waals surface area contributed by atoms with E-state index < -0.39 is 0 Å². The molecule has 1 unspecified atom stereocenters. The Morgan fingerprint density at radius 3 is 2.43 bits per heavy atom. The van der Waals surface area contributed by atoms with Crippen LogP contribution in [-0.4, -0.2) is 9.78 Å². The Morgan fingerprint density at radius 1 is 1.19 bits per heavy atom. The van der Waals surface area contributed by atoms with Crippen molar-refractivity contribution >= 4 is 34.8 Å². The van der Waals surface area contributed by atoms with E-state index in [0.717, 1.165) is 29.7 Å². The van der Waals surface area contributed by atoms with E-state index in [2.05, 4.69) is 13.8 Å². The summed E-state index contributed by atoms with van der Waals surface area (Å²) in [5.74, 6) is 0. The lowest BCUT2D eigenvalue weighted by Crippen LogP contribution is -2.07. The van der Waals surface area contributed by atoms with E-state index >= 15 is 0 Å². The average molecular weight is 346 g/mol. The topological polar surface area (TPSA) is 17.8 Å². The minimum Gasteiger partial charge on any atom is -0.265 e. The van der Waals surface area contributed by atoms with Crippen molar-refractivity contribution in [3.8, 4) is 0 Å². The van der Waals surface area contributed by atoms with Crippen molar-refractivity contribution in [1.29, 1.82) is 0 Å². The third-order valence-corrected chi connectivity index (χ3v) is 4.38. The first-order valence-electron chi connectivity index (χ1n) is 7.14. The van der Waals surface area contributed by atoms with E-state index in [1.165, 1.54) is 5.69 Å². The molecule has 0 aliphatic heterocycles. The van der Waals surface area contributed by atoms with Crippen molar-refractivity contribution in [2.24, 2.45) is 0 Å². The van der Waals surface area contributed by atoms with Gasteiger partial charge >= 0.3 is 0 Å². The second kappa shape index (κ2) is 7.04. The van der Waals surface area contributed by atoms with Gasteiger partial charge in [-0.25, -0.2) is 0 Å². The predicted molar refractivity (Wildman–Crippen MR) is 90.8 cm³/mol. The maximum absolute atomic E-state index is 6.34. The van der Waals surface area contributed by atoms with E-state index in [1.54, 1.807) is 6.07 Å². The normalized spacial score (nSPS) is 12.7. The van der Waals surface area contributed by atoms with Crippen LogP contribution >= 0.6 is 34.8 Å². The summed E-state index contributed by atoms with van der Waals surface area (Å²) in [6, 6.07) is 5.56. The van der Waals surface area contributed by atoms with Crippen LogP contribution in [0.3, 0.4) is 0 Å².